The van der Waals surface area contributed by atoms with Crippen molar-refractivity contribution in [3.63, 3.8) is 0 Å². The van der Waals surface area contributed by atoms with Gasteiger partial charge in [-0.3, -0.25) is 4.79 Å². The fourth-order valence-corrected chi connectivity index (χ4v) is 2.00. The van der Waals surface area contributed by atoms with E-state index in [9.17, 15) is 14.4 Å². The van der Waals surface area contributed by atoms with Crippen LogP contribution < -0.4 is 5.32 Å². The minimum atomic E-state index is -1.13. The third kappa shape index (κ3) is 5.28. The third-order valence-electron chi connectivity index (χ3n) is 3.13. The summed E-state index contributed by atoms with van der Waals surface area (Å²) >= 11 is 0. The van der Waals surface area contributed by atoms with Crippen molar-refractivity contribution < 1.29 is 24.2 Å². The average Bonchev–Trinajstić information content (AvgIpc) is 2.79. The highest BCUT2D eigenvalue weighted by Crippen LogP contribution is 2.13. The van der Waals surface area contributed by atoms with Gasteiger partial charge in [0.05, 0.1) is 0 Å². The summed E-state index contributed by atoms with van der Waals surface area (Å²) in [6.45, 7) is 2.07. The van der Waals surface area contributed by atoms with Gasteiger partial charge in [0, 0.05) is 6.42 Å². The van der Waals surface area contributed by atoms with E-state index in [4.69, 9.17) is 9.84 Å². The van der Waals surface area contributed by atoms with Crippen LogP contribution in [0.3, 0.4) is 0 Å². The van der Waals surface area contributed by atoms with Gasteiger partial charge in [-0.2, -0.15) is 0 Å². The van der Waals surface area contributed by atoms with E-state index < -0.39 is 24.1 Å². The Hall–Kier alpha value is -1.59. The monoisotopic (exact) mass is 271 g/mol. The lowest BCUT2D eigenvalue weighted by Crippen LogP contribution is -2.38. The second-order valence-corrected chi connectivity index (χ2v) is 4.77. The van der Waals surface area contributed by atoms with Crippen molar-refractivity contribution in [2.75, 3.05) is 0 Å². The molecule has 0 bridgehead atoms. The fraction of sp³-hybridized carbons (Fsp3) is 0.769. The summed E-state index contributed by atoms with van der Waals surface area (Å²) in [5, 5.41) is 11.5. The van der Waals surface area contributed by atoms with Gasteiger partial charge in [0.25, 0.3) is 0 Å². The highest BCUT2D eigenvalue weighted by Gasteiger charge is 2.31. The number of nitrogens with one attached hydrogen (secondary N) is 1. The lowest BCUT2D eigenvalue weighted by atomic mass is 10.1. The number of esters is 1. The smallest absolute Gasteiger partial charge is 0.345 e. The zero-order valence-electron chi connectivity index (χ0n) is 11.2. The predicted molar refractivity (Wildman–Crippen MR) is 67.4 cm³/mol. The van der Waals surface area contributed by atoms with E-state index in [1.165, 1.54) is 0 Å². The summed E-state index contributed by atoms with van der Waals surface area (Å²) in [6.07, 6.45) is 3.62. The number of hydrogen-bond donors (Lipinski definition) is 2. The van der Waals surface area contributed by atoms with Gasteiger partial charge in [-0.05, 0) is 19.3 Å². The molecule has 1 amide bonds. The number of hydrogen-bond acceptors (Lipinski definition) is 4. The molecule has 0 aromatic carbocycles. The number of unbranched alkanes of at least 4 members (excludes halogenated alkanes) is 3. The summed E-state index contributed by atoms with van der Waals surface area (Å²) in [5.74, 6) is -1.97. The van der Waals surface area contributed by atoms with Crippen LogP contribution in [0, 0.1) is 0 Å². The highest BCUT2D eigenvalue weighted by atomic mass is 16.6. The SMILES string of the molecule is CCCCCCC(OC(=O)C1CCC(=O)N1)C(=O)O. The number of carbonyl (C=O) groups is 3. The summed E-state index contributed by atoms with van der Waals surface area (Å²) in [4.78, 5) is 33.7. The largest absolute Gasteiger partial charge is 0.479 e. The van der Waals surface area contributed by atoms with Gasteiger partial charge in [0.15, 0.2) is 6.10 Å². The van der Waals surface area contributed by atoms with Crippen molar-refractivity contribution in [3.05, 3.63) is 0 Å². The van der Waals surface area contributed by atoms with Crippen LogP contribution in [0.1, 0.15) is 51.9 Å². The van der Waals surface area contributed by atoms with E-state index >= 15 is 0 Å². The first-order valence-corrected chi connectivity index (χ1v) is 6.77. The Morgan fingerprint density at radius 3 is 2.68 bits per heavy atom. The summed E-state index contributed by atoms with van der Waals surface area (Å²) in [5.41, 5.74) is 0. The number of amides is 1. The summed E-state index contributed by atoms with van der Waals surface area (Å²) in [7, 11) is 0. The molecule has 6 heteroatoms. The Kier molecular flexibility index (Phi) is 6.32. The van der Waals surface area contributed by atoms with Crippen LogP contribution in [0.5, 0.6) is 0 Å². The maximum atomic E-state index is 11.7. The number of rotatable bonds is 8. The number of ether oxygens (including phenoxy) is 1. The number of carboxylic acids is 1. The molecule has 2 unspecified atom stereocenters. The molecule has 0 radical (unpaired) electrons. The fourth-order valence-electron chi connectivity index (χ4n) is 2.00. The van der Waals surface area contributed by atoms with Crippen LogP contribution in [-0.4, -0.2) is 35.1 Å². The molecular weight excluding hydrogens is 250 g/mol. The molecule has 0 spiro atoms. The first-order valence-electron chi connectivity index (χ1n) is 6.77. The third-order valence-corrected chi connectivity index (χ3v) is 3.13. The van der Waals surface area contributed by atoms with Gasteiger partial charge in [0.1, 0.15) is 6.04 Å². The normalized spacial score (nSPS) is 19.8. The second-order valence-electron chi connectivity index (χ2n) is 4.77. The minimum absolute atomic E-state index is 0.197. The minimum Gasteiger partial charge on any atom is -0.479 e. The quantitative estimate of drug-likeness (QED) is 0.511. The zero-order chi connectivity index (χ0) is 14.3. The Balaban J connectivity index is 2.37. The van der Waals surface area contributed by atoms with Crippen molar-refractivity contribution in [1.29, 1.82) is 0 Å². The van der Waals surface area contributed by atoms with Crippen molar-refractivity contribution in [1.82, 2.24) is 5.32 Å². The van der Waals surface area contributed by atoms with Gasteiger partial charge in [-0.15, -0.1) is 0 Å². The van der Waals surface area contributed by atoms with Crippen LogP contribution in [0.25, 0.3) is 0 Å². The average molecular weight is 271 g/mol. The Bertz CT molecular complexity index is 342. The van der Waals surface area contributed by atoms with Gasteiger partial charge < -0.3 is 15.2 Å². The van der Waals surface area contributed by atoms with Crippen LogP contribution in [0.2, 0.25) is 0 Å². The van der Waals surface area contributed by atoms with Crippen LogP contribution in [0.4, 0.5) is 0 Å². The zero-order valence-corrected chi connectivity index (χ0v) is 11.2. The molecule has 1 fully saturated rings. The molecule has 0 aromatic rings. The molecule has 0 saturated carbocycles. The van der Waals surface area contributed by atoms with E-state index in [1.807, 2.05) is 0 Å². The lowest BCUT2D eigenvalue weighted by molar-refractivity contribution is -0.165. The maximum Gasteiger partial charge on any atom is 0.345 e. The molecule has 0 aromatic heterocycles. The van der Waals surface area contributed by atoms with E-state index in [2.05, 4.69) is 12.2 Å². The first-order chi connectivity index (χ1) is 9.04. The number of carboxylic acid groups (broad SMARTS) is 1. The van der Waals surface area contributed by atoms with Gasteiger partial charge >= 0.3 is 11.9 Å². The number of carbonyl (C=O) groups excluding carboxylic acids is 2. The van der Waals surface area contributed by atoms with Gasteiger partial charge in [-0.25, -0.2) is 9.59 Å². The number of aliphatic carboxylic acids is 1. The molecule has 1 aliphatic heterocycles. The Morgan fingerprint density at radius 1 is 1.42 bits per heavy atom. The topological polar surface area (TPSA) is 92.7 Å². The molecule has 0 aliphatic carbocycles. The summed E-state index contributed by atoms with van der Waals surface area (Å²) in [6, 6.07) is -0.690. The van der Waals surface area contributed by atoms with E-state index in [0.717, 1.165) is 25.7 Å². The standard InChI is InChI=1S/C13H21NO5/c1-2-3-4-5-6-10(12(16)17)19-13(18)9-7-8-11(15)14-9/h9-10H,2-8H2,1H3,(H,14,15)(H,16,17). The Morgan fingerprint density at radius 2 is 2.16 bits per heavy atom. The van der Waals surface area contributed by atoms with Gasteiger partial charge in [0.2, 0.25) is 5.91 Å². The van der Waals surface area contributed by atoms with Crippen LogP contribution >= 0.6 is 0 Å². The predicted octanol–water partition coefficient (Wildman–Crippen LogP) is 1.23. The van der Waals surface area contributed by atoms with Crippen LogP contribution in [0.15, 0.2) is 0 Å². The van der Waals surface area contributed by atoms with E-state index in [1.54, 1.807) is 0 Å². The molecule has 2 atom stereocenters. The molecular formula is C13H21NO5. The molecule has 1 rings (SSSR count). The highest BCUT2D eigenvalue weighted by molar-refractivity contribution is 5.89. The molecule has 6 nitrogen and oxygen atoms in total. The lowest BCUT2D eigenvalue weighted by Gasteiger charge is -2.16. The van der Waals surface area contributed by atoms with Crippen molar-refractivity contribution in [2.45, 2.75) is 64.0 Å². The molecule has 1 heterocycles. The molecule has 19 heavy (non-hydrogen) atoms. The first kappa shape index (κ1) is 15.5. The Labute approximate surface area is 112 Å². The molecule has 1 aliphatic rings. The van der Waals surface area contributed by atoms with E-state index in [0.29, 0.717) is 12.8 Å². The van der Waals surface area contributed by atoms with Crippen LogP contribution in [-0.2, 0) is 19.1 Å². The van der Waals surface area contributed by atoms with E-state index in [-0.39, 0.29) is 12.3 Å². The maximum absolute atomic E-state index is 11.7. The second kappa shape index (κ2) is 7.76. The summed E-state index contributed by atoms with van der Waals surface area (Å²) < 4.78 is 4.97. The van der Waals surface area contributed by atoms with Gasteiger partial charge in [-0.1, -0.05) is 26.2 Å². The molecule has 108 valence electrons. The molecule has 2 N–H and O–H groups in total. The van der Waals surface area contributed by atoms with Crippen molar-refractivity contribution >= 4 is 17.8 Å². The van der Waals surface area contributed by atoms with Crippen molar-refractivity contribution in [3.8, 4) is 0 Å². The van der Waals surface area contributed by atoms with Crippen molar-refractivity contribution in [2.24, 2.45) is 0 Å². The molecule has 1 saturated heterocycles.